The van der Waals surface area contributed by atoms with Gasteiger partial charge in [0, 0.05) is 5.02 Å². The van der Waals surface area contributed by atoms with Crippen molar-refractivity contribution in [3.8, 4) is 17.3 Å². The Hall–Kier alpha value is -1.16. The van der Waals surface area contributed by atoms with E-state index in [0.717, 1.165) is 4.57 Å². The standard InChI is InChI=1S/C13H6BrCl2F3N2/c14-10-9(5-20)11(7-1-3-8(16)4-2-7)21(6-15)12(10)13(17,18)19/h1-4H,6H2. The summed E-state index contributed by atoms with van der Waals surface area (Å²) in [6.07, 6.45) is -4.63. The summed E-state index contributed by atoms with van der Waals surface area (Å²) >= 11 is 14.3. The third-order valence-corrected chi connectivity index (χ3v) is 4.08. The molecule has 0 fully saturated rings. The second-order valence-corrected chi connectivity index (χ2v) is 5.52. The lowest BCUT2D eigenvalue weighted by atomic mass is 10.1. The fourth-order valence-electron chi connectivity index (χ4n) is 1.99. The summed E-state index contributed by atoms with van der Waals surface area (Å²) < 4.78 is 40.0. The molecule has 0 saturated carbocycles. The molecule has 2 nitrogen and oxygen atoms in total. The Morgan fingerprint density at radius 3 is 2.24 bits per heavy atom. The highest BCUT2D eigenvalue weighted by Gasteiger charge is 2.40. The average Bonchev–Trinajstić information content (AvgIpc) is 2.71. The van der Waals surface area contributed by atoms with Gasteiger partial charge < -0.3 is 4.57 Å². The molecule has 0 aliphatic rings. The number of hydrogen-bond donors (Lipinski definition) is 0. The molecule has 1 heterocycles. The molecule has 21 heavy (non-hydrogen) atoms. The Morgan fingerprint density at radius 1 is 1.24 bits per heavy atom. The fourth-order valence-corrected chi connectivity index (χ4v) is 3.07. The second-order valence-electron chi connectivity index (χ2n) is 4.05. The topological polar surface area (TPSA) is 28.7 Å². The highest BCUT2D eigenvalue weighted by Crippen LogP contribution is 2.43. The van der Waals surface area contributed by atoms with E-state index in [1.807, 2.05) is 0 Å². The summed E-state index contributed by atoms with van der Waals surface area (Å²) in [4.78, 5) is 0. The lowest BCUT2D eigenvalue weighted by Gasteiger charge is -2.13. The zero-order valence-electron chi connectivity index (χ0n) is 10.2. The average molecular weight is 398 g/mol. The van der Waals surface area contributed by atoms with Crippen molar-refractivity contribution in [3.05, 3.63) is 45.0 Å². The van der Waals surface area contributed by atoms with Crippen molar-refractivity contribution >= 4 is 39.1 Å². The van der Waals surface area contributed by atoms with Crippen molar-refractivity contribution < 1.29 is 13.2 Å². The first kappa shape index (κ1) is 16.2. The Labute approximate surface area is 136 Å². The molecule has 110 valence electrons. The number of benzene rings is 1. The molecule has 0 atom stereocenters. The summed E-state index contributed by atoms with van der Waals surface area (Å²) in [6.45, 7) is 0. The number of halogens is 6. The van der Waals surface area contributed by atoms with Gasteiger partial charge >= 0.3 is 6.18 Å². The third kappa shape index (κ3) is 2.91. The first-order valence-corrected chi connectivity index (χ1v) is 7.23. The Kier molecular flexibility index (Phi) is 4.57. The van der Waals surface area contributed by atoms with Gasteiger partial charge in [0.25, 0.3) is 0 Å². The molecular formula is C13H6BrCl2F3N2. The van der Waals surface area contributed by atoms with Crippen LogP contribution < -0.4 is 0 Å². The second kappa shape index (κ2) is 5.91. The first-order chi connectivity index (χ1) is 9.81. The van der Waals surface area contributed by atoms with Crippen molar-refractivity contribution in [1.82, 2.24) is 4.57 Å². The van der Waals surface area contributed by atoms with Crippen LogP contribution in [0.5, 0.6) is 0 Å². The van der Waals surface area contributed by atoms with E-state index < -0.39 is 17.9 Å². The quantitative estimate of drug-likeness (QED) is 0.601. The van der Waals surface area contributed by atoms with Gasteiger partial charge in [0.05, 0.1) is 21.7 Å². The zero-order valence-corrected chi connectivity index (χ0v) is 13.3. The molecule has 0 aliphatic carbocycles. The molecule has 0 spiro atoms. The van der Waals surface area contributed by atoms with Gasteiger partial charge in [0.1, 0.15) is 11.8 Å². The molecule has 1 aromatic carbocycles. The maximum absolute atomic E-state index is 13.2. The smallest absolute Gasteiger partial charge is 0.320 e. The van der Waals surface area contributed by atoms with Crippen LogP contribution >= 0.6 is 39.1 Å². The Morgan fingerprint density at radius 2 is 1.81 bits per heavy atom. The minimum atomic E-state index is -4.63. The van der Waals surface area contributed by atoms with E-state index in [1.54, 1.807) is 6.07 Å². The largest absolute Gasteiger partial charge is 0.432 e. The molecule has 0 radical (unpaired) electrons. The van der Waals surface area contributed by atoms with Gasteiger partial charge in [-0.05, 0) is 33.6 Å². The van der Waals surface area contributed by atoms with Crippen molar-refractivity contribution in [3.63, 3.8) is 0 Å². The molecule has 2 rings (SSSR count). The molecule has 0 N–H and O–H groups in total. The summed E-state index contributed by atoms with van der Waals surface area (Å²) in [5, 5.41) is 9.63. The van der Waals surface area contributed by atoms with Crippen LogP contribution in [0, 0.1) is 11.3 Å². The van der Waals surface area contributed by atoms with Gasteiger partial charge in [-0.1, -0.05) is 23.7 Å². The van der Waals surface area contributed by atoms with Crippen LogP contribution in [0.4, 0.5) is 13.2 Å². The van der Waals surface area contributed by atoms with Gasteiger partial charge in [0.2, 0.25) is 0 Å². The Balaban J connectivity index is 2.83. The minimum absolute atomic E-state index is 0.100. The van der Waals surface area contributed by atoms with Crippen LogP contribution in [-0.4, -0.2) is 4.57 Å². The SMILES string of the molecule is N#Cc1c(Br)c(C(F)(F)F)n(CCl)c1-c1ccc(Cl)cc1. The fraction of sp³-hybridized carbons (Fsp3) is 0.154. The van der Waals surface area contributed by atoms with E-state index in [1.165, 1.54) is 24.3 Å². The third-order valence-electron chi connectivity index (χ3n) is 2.82. The predicted octanol–water partition coefficient (Wildman–Crippen LogP) is 5.66. The Bertz CT molecular complexity index is 715. The highest BCUT2D eigenvalue weighted by atomic mass is 79.9. The summed E-state index contributed by atoms with van der Waals surface area (Å²) in [7, 11) is 0. The molecule has 0 bridgehead atoms. The monoisotopic (exact) mass is 396 g/mol. The van der Waals surface area contributed by atoms with E-state index in [4.69, 9.17) is 23.2 Å². The van der Waals surface area contributed by atoms with Gasteiger partial charge in [-0.25, -0.2) is 0 Å². The van der Waals surface area contributed by atoms with Crippen molar-refractivity contribution in [2.75, 3.05) is 0 Å². The lowest BCUT2D eigenvalue weighted by Crippen LogP contribution is -2.13. The first-order valence-electron chi connectivity index (χ1n) is 5.52. The maximum atomic E-state index is 13.2. The van der Waals surface area contributed by atoms with Gasteiger partial charge in [-0.3, -0.25) is 0 Å². The van der Waals surface area contributed by atoms with Crippen molar-refractivity contribution in [2.45, 2.75) is 12.2 Å². The number of alkyl halides is 4. The van der Waals surface area contributed by atoms with Gasteiger partial charge in [-0.15, -0.1) is 11.6 Å². The number of nitriles is 1. The van der Waals surface area contributed by atoms with Crippen LogP contribution in [0.15, 0.2) is 28.7 Å². The maximum Gasteiger partial charge on any atom is 0.432 e. The van der Waals surface area contributed by atoms with E-state index in [0.29, 0.717) is 10.6 Å². The number of aromatic nitrogens is 1. The summed E-state index contributed by atoms with van der Waals surface area (Å²) in [5.41, 5.74) is -0.583. The van der Waals surface area contributed by atoms with Crippen LogP contribution in [0.25, 0.3) is 11.3 Å². The number of hydrogen-bond acceptors (Lipinski definition) is 1. The minimum Gasteiger partial charge on any atom is -0.320 e. The lowest BCUT2D eigenvalue weighted by molar-refractivity contribution is -0.143. The number of nitrogens with zero attached hydrogens (tertiary/aromatic N) is 2. The van der Waals surface area contributed by atoms with Gasteiger partial charge in [-0.2, -0.15) is 18.4 Å². The van der Waals surface area contributed by atoms with Crippen molar-refractivity contribution in [1.29, 1.82) is 5.26 Å². The van der Waals surface area contributed by atoms with Crippen LogP contribution in [0.1, 0.15) is 11.3 Å². The molecule has 8 heteroatoms. The highest BCUT2D eigenvalue weighted by molar-refractivity contribution is 9.10. The summed E-state index contributed by atoms with van der Waals surface area (Å²) in [6, 6.07) is 7.48. The molecule has 0 amide bonds. The van der Waals surface area contributed by atoms with Gasteiger partial charge in [0.15, 0.2) is 0 Å². The molecule has 2 aromatic rings. The summed E-state index contributed by atoms with van der Waals surface area (Å²) in [5.74, 6) is 0. The van der Waals surface area contributed by atoms with Crippen LogP contribution in [0.3, 0.4) is 0 Å². The molecule has 0 aliphatic heterocycles. The van der Waals surface area contributed by atoms with Crippen molar-refractivity contribution in [2.24, 2.45) is 0 Å². The number of rotatable bonds is 2. The van der Waals surface area contributed by atoms with E-state index >= 15 is 0 Å². The van der Waals surface area contributed by atoms with E-state index in [2.05, 4.69) is 15.9 Å². The normalized spacial score (nSPS) is 11.5. The molecule has 0 saturated heterocycles. The van der Waals surface area contributed by atoms with Crippen LogP contribution in [0.2, 0.25) is 5.02 Å². The zero-order chi connectivity index (χ0) is 15.8. The molecular weight excluding hydrogens is 392 g/mol. The van der Waals surface area contributed by atoms with E-state index in [-0.39, 0.29) is 15.7 Å². The molecule has 1 aromatic heterocycles. The predicted molar refractivity (Wildman–Crippen MR) is 78.1 cm³/mol. The molecule has 0 unspecified atom stereocenters. The van der Waals surface area contributed by atoms with E-state index in [9.17, 15) is 18.4 Å². The van der Waals surface area contributed by atoms with Crippen LogP contribution in [-0.2, 0) is 12.2 Å².